The highest BCUT2D eigenvalue weighted by molar-refractivity contribution is 6.30. The van der Waals surface area contributed by atoms with Crippen LogP contribution < -0.4 is 0 Å². The number of halogens is 1. The molecule has 18 heavy (non-hydrogen) atoms. The number of benzene rings is 1. The number of carbonyl (C=O) groups is 1. The molecular formula is C14H14ClNO2. The van der Waals surface area contributed by atoms with Gasteiger partial charge in [-0.3, -0.25) is 4.79 Å². The van der Waals surface area contributed by atoms with Crippen LogP contribution >= 0.6 is 11.6 Å². The maximum absolute atomic E-state index is 10.8. The van der Waals surface area contributed by atoms with E-state index in [-0.39, 0.29) is 6.42 Å². The average Bonchev–Trinajstić information content (AvgIpc) is 2.55. The highest BCUT2D eigenvalue weighted by Gasteiger charge is 2.13. The van der Waals surface area contributed by atoms with E-state index in [2.05, 4.69) is 0 Å². The zero-order valence-corrected chi connectivity index (χ0v) is 11.0. The number of carboxylic acids is 1. The Kier molecular flexibility index (Phi) is 3.43. The van der Waals surface area contributed by atoms with E-state index in [0.717, 1.165) is 22.5 Å². The second-order valence-electron chi connectivity index (χ2n) is 4.30. The Morgan fingerprint density at radius 3 is 2.50 bits per heavy atom. The third kappa shape index (κ3) is 2.41. The fourth-order valence-corrected chi connectivity index (χ4v) is 2.30. The number of nitrogens with zero attached hydrogens (tertiary/aromatic N) is 1. The van der Waals surface area contributed by atoms with Gasteiger partial charge in [0.15, 0.2) is 0 Å². The van der Waals surface area contributed by atoms with Crippen molar-refractivity contribution in [1.82, 2.24) is 4.57 Å². The fourth-order valence-electron chi connectivity index (χ4n) is 2.18. The Morgan fingerprint density at radius 2 is 1.94 bits per heavy atom. The van der Waals surface area contributed by atoms with Crippen LogP contribution in [0.2, 0.25) is 5.02 Å². The van der Waals surface area contributed by atoms with Crippen molar-refractivity contribution >= 4 is 17.6 Å². The van der Waals surface area contributed by atoms with Gasteiger partial charge in [0, 0.05) is 17.8 Å². The summed E-state index contributed by atoms with van der Waals surface area (Å²) in [5.74, 6) is -0.821. The maximum atomic E-state index is 10.8. The van der Waals surface area contributed by atoms with Gasteiger partial charge in [-0.15, -0.1) is 0 Å². The number of hydrogen-bond acceptors (Lipinski definition) is 1. The quantitative estimate of drug-likeness (QED) is 0.923. The molecule has 0 unspecified atom stereocenters. The van der Waals surface area contributed by atoms with Gasteiger partial charge in [0.25, 0.3) is 0 Å². The van der Waals surface area contributed by atoms with E-state index in [1.165, 1.54) is 0 Å². The van der Waals surface area contributed by atoms with Crippen molar-refractivity contribution in [3.63, 3.8) is 0 Å². The second kappa shape index (κ2) is 4.86. The van der Waals surface area contributed by atoms with Crippen molar-refractivity contribution in [3.05, 3.63) is 46.6 Å². The van der Waals surface area contributed by atoms with Gasteiger partial charge in [0.1, 0.15) is 0 Å². The predicted octanol–water partition coefficient (Wildman–Crippen LogP) is 3.28. The monoisotopic (exact) mass is 263 g/mol. The molecule has 3 nitrogen and oxygen atoms in total. The first-order valence-corrected chi connectivity index (χ1v) is 5.99. The molecule has 1 aromatic carbocycles. The molecule has 0 amide bonds. The topological polar surface area (TPSA) is 42.2 Å². The zero-order chi connectivity index (χ0) is 13.3. The van der Waals surface area contributed by atoms with Gasteiger partial charge in [-0.2, -0.15) is 0 Å². The lowest BCUT2D eigenvalue weighted by molar-refractivity contribution is -0.136. The molecule has 0 aliphatic heterocycles. The third-order valence-corrected chi connectivity index (χ3v) is 3.22. The van der Waals surface area contributed by atoms with E-state index in [0.29, 0.717) is 5.02 Å². The van der Waals surface area contributed by atoms with Crippen molar-refractivity contribution in [2.45, 2.75) is 13.3 Å². The van der Waals surface area contributed by atoms with Gasteiger partial charge in [0.05, 0.1) is 12.1 Å². The molecule has 0 atom stereocenters. The molecule has 1 heterocycles. The van der Waals surface area contributed by atoms with Crippen LogP contribution in [-0.2, 0) is 18.3 Å². The van der Waals surface area contributed by atoms with Crippen molar-refractivity contribution in [1.29, 1.82) is 0 Å². The normalized spacial score (nSPS) is 10.6. The SMILES string of the molecule is Cc1cc(CC(=O)O)n(C)c1-c1ccc(Cl)cc1. The zero-order valence-electron chi connectivity index (χ0n) is 10.3. The molecule has 0 radical (unpaired) electrons. The maximum Gasteiger partial charge on any atom is 0.309 e. The lowest BCUT2D eigenvalue weighted by Crippen LogP contribution is -2.05. The number of aromatic nitrogens is 1. The van der Waals surface area contributed by atoms with E-state index in [1.807, 2.05) is 48.9 Å². The standard InChI is InChI=1S/C14H14ClNO2/c1-9-7-12(8-13(17)18)16(2)14(9)10-3-5-11(15)6-4-10/h3-7H,8H2,1-2H3,(H,17,18). The molecule has 0 aliphatic carbocycles. The summed E-state index contributed by atoms with van der Waals surface area (Å²) in [7, 11) is 1.88. The Hall–Kier alpha value is -1.74. The van der Waals surface area contributed by atoms with Gasteiger partial charge in [0.2, 0.25) is 0 Å². The summed E-state index contributed by atoms with van der Waals surface area (Å²) in [6.45, 7) is 1.98. The van der Waals surface area contributed by atoms with E-state index < -0.39 is 5.97 Å². The predicted molar refractivity (Wildman–Crippen MR) is 71.9 cm³/mol. The summed E-state index contributed by atoms with van der Waals surface area (Å²) in [4.78, 5) is 10.8. The molecular weight excluding hydrogens is 250 g/mol. The van der Waals surface area contributed by atoms with E-state index >= 15 is 0 Å². The minimum atomic E-state index is -0.821. The lowest BCUT2D eigenvalue weighted by Gasteiger charge is -2.08. The minimum Gasteiger partial charge on any atom is -0.481 e. The smallest absolute Gasteiger partial charge is 0.309 e. The van der Waals surface area contributed by atoms with Crippen LogP contribution in [0, 0.1) is 6.92 Å². The summed E-state index contributed by atoms with van der Waals surface area (Å²) in [6, 6.07) is 9.46. The first kappa shape index (κ1) is 12.7. The number of rotatable bonds is 3. The van der Waals surface area contributed by atoms with Crippen LogP contribution in [0.25, 0.3) is 11.3 Å². The van der Waals surface area contributed by atoms with Crippen molar-refractivity contribution in [3.8, 4) is 11.3 Å². The number of carboxylic acid groups (broad SMARTS) is 1. The Bertz CT molecular complexity index is 585. The molecule has 1 N–H and O–H groups in total. The first-order valence-electron chi connectivity index (χ1n) is 5.62. The molecule has 2 aromatic rings. The molecule has 1 aromatic heterocycles. The van der Waals surface area contributed by atoms with Crippen molar-refractivity contribution < 1.29 is 9.90 Å². The number of hydrogen-bond donors (Lipinski definition) is 1. The van der Waals surface area contributed by atoms with Gasteiger partial charge in [-0.05, 0) is 36.2 Å². The van der Waals surface area contributed by atoms with Crippen molar-refractivity contribution in [2.75, 3.05) is 0 Å². The van der Waals surface area contributed by atoms with E-state index in [4.69, 9.17) is 16.7 Å². The second-order valence-corrected chi connectivity index (χ2v) is 4.74. The molecule has 0 bridgehead atoms. The summed E-state index contributed by atoms with van der Waals surface area (Å²) < 4.78 is 1.92. The summed E-state index contributed by atoms with van der Waals surface area (Å²) in [5.41, 5.74) is 3.93. The summed E-state index contributed by atoms with van der Waals surface area (Å²) in [6.07, 6.45) is 0.0327. The lowest BCUT2D eigenvalue weighted by atomic mass is 10.1. The Morgan fingerprint density at radius 1 is 1.33 bits per heavy atom. The first-order chi connectivity index (χ1) is 8.49. The highest BCUT2D eigenvalue weighted by atomic mass is 35.5. The van der Waals surface area contributed by atoms with Gasteiger partial charge in [-0.25, -0.2) is 0 Å². The van der Waals surface area contributed by atoms with Crippen LogP contribution in [0.3, 0.4) is 0 Å². The Labute approximate surface area is 111 Å². The van der Waals surface area contributed by atoms with E-state index in [1.54, 1.807) is 0 Å². The number of aryl methyl sites for hydroxylation is 1. The van der Waals surface area contributed by atoms with Crippen LogP contribution in [-0.4, -0.2) is 15.6 Å². The molecule has 0 saturated carbocycles. The number of aliphatic carboxylic acids is 1. The van der Waals surface area contributed by atoms with Crippen LogP contribution in [0.15, 0.2) is 30.3 Å². The average molecular weight is 264 g/mol. The minimum absolute atomic E-state index is 0.0327. The molecule has 0 spiro atoms. The fraction of sp³-hybridized carbons (Fsp3) is 0.214. The van der Waals surface area contributed by atoms with Crippen LogP contribution in [0.1, 0.15) is 11.3 Å². The van der Waals surface area contributed by atoms with Crippen molar-refractivity contribution in [2.24, 2.45) is 7.05 Å². The molecule has 0 saturated heterocycles. The molecule has 4 heteroatoms. The summed E-state index contributed by atoms with van der Waals surface area (Å²) >= 11 is 5.87. The molecule has 0 fully saturated rings. The molecule has 0 aliphatic rings. The van der Waals surface area contributed by atoms with Gasteiger partial charge < -0.3 is 9.67 Å². The van der Waals surface area contributed by atoms with Gasteiger partial charge in [-0.1, -0.05) is 23.7 Å². The highest BCUT2D eigenvalue weighted by Crippen LogP contribution is 2.27. The molecule has 2 rings (SSSR count). The van der Waals surface area contributed by atoms with Gasteiger partial charge >= 0.3 is 5.97 Å². The molecule has 94 valence electrons. The van der Waals surface area contributed by atoms with E-state index in [9.17, 15) is 4.79 Å². The van der Waals surface area contributed by atoms with Crippen LogP contribution in [0.4, 0.5) is 0 Å². The third-order valence-electron chi connectivity index (χ3n) is 2.97. The summed E-state index contributed by atoms with van der Waals surface area (Å²) in [5, 5.41) is 9.56. The Balaban J connectivity index is 2.48. The largest absolute Gasteiger partial charge is 0.481 e. The van der Waals surface area contributed by atoms with Crippen LogP contribution in [0.5, 0.6) is 0 Å².